The van der Waals surface area contributed by atoms with E-state index < -0.39 is 5.97 Å². The molecule has 4 heteroatoms. The molecule has 0 saturated heterocycles. The maximum Gasteiger partial charge on any atom is 0.357 e. The van der Waals surface area contributed by atoms with E-state index in [-0.39, 0.29) is 0 Å². The van der Waals surface area contributed by atoms with Crippen LogP contribution >= 0.6 is 11.3 Å². The lowest BCUT2D eigenvalue weighted by atomic mass is 10.1. The van der Waals surface area contributed by atoms with Gasteiger partial charge in [0.2, 0.25) is 0 Å². The summed E-state index contributed by atoms with van der Waals surface area (Å²) >= 11 is 1.45. The fraction of sp³-hybridized carbons (Fsp3) is 0.167. The fourth-order valence-corrected chi connectivity index (χ4v) is 2.29. The van der Waals surface area contributed by atoms with Gasteiger partial charge in [-0.25, -0.2) is 9.78 Å². The zero-order valence-corrected chi connectivity index (χ0v) is 9.88. The molecule has 0 spiro atoms. The van der Waals surface area contributed by atoms with Crippen molar-refractivity contribution in [1.82, 2.24) is 4.98 Å². The van der Waals surface area contributed by atoms with Crippen LogP contribution in [0.3, 0.4) is 0 Å². The molecule has 1 aromatic carbocycles. The first kappa shape index (κ1) is 10.8. The summed E-state index contributed by atoms with van der Waals surface area (Å²) in [5.41, 5.74) is 2.57. The third-order valence-electron chi connectivity index (χ3n) is 2.27. The molecule has 82 valence electrons. The van der Waals surface area contributed by atoms with Gasteiger partial charge in [-0.2, -0.15) is 0 Å². The highest BCUT2D eigenvalue weighted by molar-refractivity contribution is 7.13. The molecule has 2 aromatic rings. The second-order valence-electron chi connectivity index (χ2n) is 3.34. The zero-order chi connectivity index (χ0) is 11.5. The van der Waals surface area contributed by atoms with E-state index in [0.717, 1.165) is 16.1 Å². The highest BCUT2D eigenvalue weighted by Crippen LogP contribution is 2.26. The van der Waals surface area contributed by atoms with Crippen LogP contribution in [0.25, 0.3) is 10.6 Å². The van der Waals surface area contributed by atoms with Crippen molar-refractivity contribution < 1.29 is 9.53 Å². The van der Waals surface area contributed by atoms with Gasteiger partial charge < -0.3 is 4.74 Å². The van der Waals surface area contributed by atoms with Crippen LogP contribution < -0.4 is 0 Å². The second-order valence-corrected chi connectivity index (χ2v) is 4.20. The first-order chi connectivity index (χ1) is 7.72. The van der Waals surface area contributed by atoms with Crippen molar-refractivity contribution >= 4 is 17.3 Å². The quantitative estimate of drug-likeness (QED) is 0.749. The van der Waals surface area contributed by atoms with Crippen molar-refractivity contribution in [2.45, 2.75) is 6.92 Å². The Bertz CT molecular complexity index is 519. The number of carbonyl (C=O) groups is 1. The highest BCUT2D eigenvalue weighted by atomic mass is 32.1. The predicted octanol–water partition coefficient (Wildman–Crippen LogP) is 2.91. The number of aromatic nitrogens is 1. The van der Waals surface area contributed by atoms with E-state index in [4.69, 9.17) is 0 Å². The number of rotatable bonds is 2. The molecule has 1 aromatic heterocycles. The molecule has 0 amide bonds. The van der Waals surface area contributed by atoms with Crippen molar-refractivity contribution in [1.29, 1.82) is 0 Å². The van der Waals surface area contributed by atoms with Crippen molar-refractivity contribution in [2.75, 3.05) is 7.11 Å². The molecule has 0 aliphatic rings. The van der Waals surface area contributed by atoms with Gasteiger partial charge in [-0.1, -0.05) is 24.3 Å². The van der Waals surface area contributed by atoms with Crippen LogP contribution in [0.5, 0.6) is 0 Å². The van der Waals surface area contributed by atoms with E-state index in [2.05, 4.69) is 9.72 Å². The van der Waals surface area contributed by atoms with Crippen LogP contribution in [0.1, 0.15) is 16.1 Å². The fourth-order valence-electron chi connectivity index (χ4n) is 1.41. The van der Waals surface area contributed by atoms with E-state index in [1.165, 1.54) is 18.4 Å². The van der Waals surface area contributed by atoms with Gasteiger partial charge in [-0.3, -0.25) is 0 Å². The maximum absolute atomic E-state index is 11.3. The standard InChI is InChI=1S/C12H11NO2S/c1-8-5-3-4-6-9(8)11-13-10(7-16-11)12(14)15-2/h3-7H,1-2H3. The normalized spacial score (nSPS) is 10.1. The second kappa shape index (κ2) is 4.45. The van der Waals surface area contributed by atoms with Crippen molar-refractivity contribution in [3.63, 3.8) is 0 Å². The number of nitrogens with zero attached hydrogens (tertiary/aromatic N) is 1. The minimum absolute atomic E-state index is 0.366. The number of methoxy groups -OCH3 is 1. The van der Waals surface area contributed by atoms with E-state index in [9.17, 15) is 4.79 Å². The molecule has 0 N–H and O–H groups in total. The summed E-state index contributed by atoms with van der Waals surface area (Å²) < 4.78 is 4.62. The summed E-state index contributed by atoms with van der Waals surface area (Å²) in [4.78, 5) is 15.5. The van der Waals surface area contributed by atoms with Gasteiger partial charge in [0.05, 0.1) is 7.11 Å². The number of benzene rings is 1. The molecule has 0 aliphatic carbocycles. The Morgan fingerprint density at radius 3 is 2.81 bits per heavy atom. The summed E-state index contributed by atoms with van der Waals surface area (Å²) in [7, 11) is 1.36. The summed E-state index contributed by atoms with van der Waals surface area (Å²) in [6, 6.07) is 7.96. The number of aryl methyl sites for hydroxylation is 1. The van der Waals surface area contributed by atoms with Gasteiger partial charge >= 0.3 is 5.97 Å². The van der Waals surface area contributed by atoms with Gasteiger partial charge in [0.25, 0.3) is 0 Å². The molecule has 2 rings (SSSR count). The number of thiazole rings is 1. The van der Waals surface area contributed by atoms with Gasteiger partial charge in [-0.05, 0) is 12.5 Å². The Kier molecular flexibility index (Phi) is 3.01. The molecule has 1 heterocycles. The molecule has 16 heavy (non-hydrogen) atoms. The number of ether oxygens (including phenoxy) is 1. The third kappa shape index (κ3) is 1.97. The number of esters is 1. The average molecular weight is 233 g/mol. The Labute approximate surface area is 97.7 Å². The van der Waals surface area contributed by atoms with Crippen LogP contribution in [0.15, 0.2) is 29.6 Å². The minimum atomic E-state index is -0.393. The van der Waals surface area contributed by atoms with Gasteiger partial charge in [0.15, 0.2) is 5.69 Å². The van der Waals surface area contributed by atoms with Gasteiger partial charge in [-0.15, -0.1) is 11.3 Å². The smallest absolute Gasteiger partial charge is 0.357 e. The molecular weight excluding hydrogens is 222 g/mol. The van der Waals surface area contributed by atoms with Crippen LogP contribution in [0.4, 0.5) is 0 Å². The predicted molar refractivity (Wildman–Crippen MR) is 63.6 cm³/mol. The van der Waals surface area contributed by atoms with Crippen molar-refractivity contribution in [3.05, 3.63) is 40.9 Å². The summed E-state index contributed by atoms with van der Waals surface area (Å²) in [5, 5.41) is 2.56. The first-order valence-electron chi connectivity index (χ1n) is 4.82. The van der Waals surface area contributed by atoms with Crippen molar-refractivity contribution in [2.24, 2.45) is 0 Å². The third-order valence-corrected chi connectivity index (χ3v) is 3.15. The Morgan fingerprint density at radius 1 is 1.38 bits per heavy atom. The molecule has 0 unspecified atom stereocenters. The SMILES string of the molecule is COC(=O)c1csc(-c2ccccc2C)n1. The minimum Gasteiger partial charge on any atom is -0.464 e. The average Bonchev–Trinajstić information content (AvgIpc) is 2.78. The van der Waals surface area contributed by atoms with E-state index in [1.54, 1.807) is 5.38 Å². The lowest BCUT2D eigenvalue weighted by Gasteiger charge is -2.00. The monoisotopic (exact) mass is 233 g/mol. The van der Waals surface area contributed by atoms with Gasteiger partial charge in [0.1, 0.15) is 5.01 Å². The Morgan fingerprint density at radius 2 is 2.12 bits per heavy atom. The van der Waals surface area contributed by atoms with E-state index in [1.807, 2.05) is 31.2 Å². The molecule has 0 atom stereocenters. The van der Waals surface area contributed by atoms with Gasteiger partial charge in [0, 0.05) is 10.9 Å². The van der Waals surface area contributed by atoms with Crippen LogP contribution in [-0.2, 0) is 4.74 Å². The van der Waals surface area contributed by atoms with Crippen molar-refractivity contribution in [3.8, 4) is 10.6 Å². The first-order valence-corrected chi connectivity index (χ1v) is 5.70. The van der Waals surface area contributed by atoms with Crippen LogP contribution in [0.2, 0.25) is 0 Å². The Balaban J connectivity index is 2.39. The molecule has 0 bridgehead atoms. The zero-order valence-electron chi connectivity index (χ0n) is 9.06. The molecule has 0 saturated carbocycles. The molecule has 3 nitrogen and oxygen atoms in total. The maximum atomic E-state index is 11.3. The number of carbonyl (C=O) groups excluding carboxylic acids is 1. The lowest BCUT2D eigenvalue weighted by molar-refractivity contribution is 0.0595. The number of hydrogen-bond acceptors (Lipinski definition) is 4. The topological polar surface area (TPSA) is 39.2 Å². The van der Waals surface area contributed by atoms with Crippen LogP contribution in [-0.4, -0.2) is 18.1 Å². The molecule has 0 aliphatic heterocycles. The molecule has 0 radical (unpaired) electrons. The molecule has 0 fully saturated rings. The van der Waals surface area contributed by atoms with E-state index >= 15 is 0 Å². The van der Waals surface area contributed by atoms with Crippen LogP contribution in [0, 0.1) is 6.92 Å². The highest BCUT2D eigenvalue weighted by Gasteiger charge is 2.12. The van der Waals surface area contributed by atoms with E-state index in [0.29, 0.717) is 5.69 Å². The summed E-state index contributed by atoms with van der Waals surface area (Å²) in [6.45, 7) is 2.02. The Hall–Kier alpha value is -1.68. The summed E-state index contributed by atoms with van der Waals surface area (Å²) in [5.74, 6) is -0.393. The number of hydrogen-bond donors (Lipinski definition) is 0. The molecular formula is C12H11NO2S. The largest absolute Gasteiger partial charge is 0.464 e. The summed E-state index contributed by atoms with van der Waals surface area (Å²) in [6.07, 6.45) is 0. The lowest BCUT2D eigenvalue weighted by Crippen LogP contribution is -2.01.